The molecule has 1 N–H and O–H groups in total. The molecule has 6 nitrogen and oxygen atoms in total. The number of anilines is 1. The van der Waals surface area contributed by atoms with Gasteiger partial charge in [0.05, 0.1) is 6.26 Å². The van der Waals surface area contributed by atoms with Crippen LogP contribution in [0.15, 0.2) is 72.8 Å². The number of likely N-dealkylation sites (tertiary alicyclic amines) is 1. The van der Waals surface area contributed by atoms with Crippen LogP contribution in [0.4, 0.5) is 5.69 Å². The van der Waals surface area contributed by atoms with Crippen molar-refractivity contribution >= 4 is 21.5 Å². The Kier molecular flexibility index (Phi) is 9.91. The van der Waals surface area contributed by atoms with E-state index in [1.54, 1.807) is 6.07 Å². The van der Waals surface area contributed by atoms with E-state index in [1.807, 2.05) is 24.3 Å². The minimum absolute atomic E-state index is 0.276. The predicted octanol–water partition coefficient (Wildman–Crippen LogP) is 5.92. The Morgan fingerprint density at radius 3 is 2.24 bits per heavy atom. The summed E-state index contributed by atoms with van der Waals surface area (Å²) in [6.45, 7) is 5.97. The van der Waals surface area contributed by atoms with Gasteiger partial charge in [0.15, 0.2) is 5.78 Å². The molecule has 0 aromatic heterocycles. The fourth-order valence-corrected chi connectivity index (χ4v) is 6.83. The average Bonchev–Trinajstić information content (AvgIpc) is 3.15. The number of hydrogen-bond acceptors (Lipinski definition) is 5. The number of nitrogens with one attached hydrogen (secondary N) is 1. The molecule has 0 spiro atoms. The van der Waals surface area contributed by atoms with E-state index in [4.69, 9.17) is 0 Å². The summed E-state index contributed by atoms with van der Waals surface area (Å²) in [4.78, 5) is 18.0. The van der Waals surface area contributed by atoms with Gasteiger partial charge >= 0.3 is 0 Å². The molecular formula is C34H43N3O3S. The lowest BCUT2D eigenvalue weighted by molar-refractivity contribution is 0.0974. The van der Waals surface area contributed by atoms with Crippen LogP contribution < -0.4 is 4.72 Å². The van der Waals surface area contributed by atoms with Gasteiger partial charge in [-0.15, -0.1) is 0 Å². The maximum Gasteiger partial charge on any atom is 0.229 e. The van der Waals surface area contributed by atoms with Gasteiger partial charge in [0, 0.05) is 43.9 Å². The normalized spacial score (nSPS) is 17.1. The Bertz CT molecular complexity index is 1420. The molecule has 218 valence electrons. The Hall–Kier alpha value is -3.00. The third kappa shape index (κ3) is 8.99. The minimum Gasteiger partial charge on any atom is -0.299 e. The van der Waals surface area contributed by atoms with Gasteiger partial charge in [-0.05, 0) is 98.0 Å². The van der Waals surface area contributed by atoms with E-state index < -0.39 is 10.0 Å². The smallest absolute Gasteiger partial charge is 0.229 e. The van der Waals surface area contributed by atoms with Crippen molar-refractivity contribution in [2.45, 2.75) is 58.0 Å². The SMILES string of the molecule is CS(=O)(=O)Nc1cccc(CN2CCC(CCCC(=O)c3ccc4c(c3)CCN(Cc3ccccc3)CC4)CC2)c1. The van der Waals surface area contributed by atoms with Crippen LogP contribution in [0.3, 0.4) is 0 Å². The maximum absolute atomic E-state index is 13.1. The van der Waals surface area contributed by atoms with Crippen molar-refractivity contribution < 1.29 is 13.2 Å². The second kappa shape index (κ2) is 13.8. The van der Waals surface area contributed by atoms with E-state index in [0.717, 1.165) is 88.9 Å². The molecule has 0 unspecified atom stereocenters. The summed E-state index contributed by atoms with van der Waals surface area (Å²) in [6, 6.07) is 24.7. The second-order valence-corrected chi connectivity index (χ2v) is 13.6. The van der Waals surface area contributed by atoms with Crippen LogP contribution in [-0.4, -0.2) is 56.4 Å². The lowest BCUT2D eigenvalue weighted by Crippen LogP contribution is -2.33. The van der Waals surface area contributed by atoms with Gasteiger partial charge in [-0.1, -0.05) is 54.6 Å². The lowest BCUT2D eigenvalue weighted by Gasteiger charge is -2.32. The first kappa shape index (κ1) is 29.5. The summed E-state index contributed by atoms with van der Waals surface area (Å²) in [5, 5.41) is 0. The molecule has 0 amide bonds. The number of carbonyl (C=O) groups excluding carboxylic acids is 1. The fraction of sp³-hybridized carbons (Fsp3) is 0.441. The van der Waals surface area contributed by atoms with Crippen molar-refractivity contribution in [3.05, 3.63) is 101 Å². The van der Waals surface area contributed by atoms with Crippen molar-refractivity contribution in [2.75, 3.05) is 37.2 Å². The summed E-state index contributed by atoms with van der Waals surface area (Å²) < 4.78 is 25.6. The number of hydrogen-bond donors (Lipinski definition) is 1. The number of carbonyl (C=O) groups is 1. The van der Waals surface area contributed by atoms with Crippen LogP contribution in [0.5, 0.6) is 0 Å². The van der Waals surface area contributed by atoms with Crippen LogP contribution >= 0.6 is 0 Å². The molecule has 0 bridgehead atoms. The molecule has 0 radical (unpaired) electrons. The number of benzene rings is 3. The van der Waals surface area contributed by atoms with E-state index in [-0.39, 0.29) is 5.78 Å². The molecule has 0 saturated carbocycles. The Balaban J connectivity index is 1.04. The van der Waals surface area contributed by atoms with Crippen LogP contribution in [0.25, 0.3) is 0 Å². The zero-order valence-corrected chi connectivity index (χ0v) is 25.0. The molecule has 5 rings (SSSR count). The first-order chi connectivity index (χ1) is 19.8. The third-order valence-corrected chi connectivity index (χ3v) is 9.14. The highest BCUT2D eigenvalue weighted by Gasteiger charge is 2.20. The maximum atomic E-state index is 13.1. The van der Waals surface area contributed by atoms with Gasteiger partial charge in [0.25, 0.3) is 0 Å². The number of fused-ring (bicyclic) bond motifs is 1. The molecule has 2 aliphatic heterocycles. The highest BCUT2D eigenvalue weighted by atomic mass is 32.2. The van der Waals surface area contributed by atoms with Gasteiger partial charge in [0.1, 0.15) is 0 Å². The molecule has 0 aliphatic carbocycles. The first-order valence-corrected chi connectivity index (χ1v) is 16.9. The first-order valence-electron chi connectivity index (χ1n) is 15.0. The zero-order valence-electron chi connectivity index (χ0n) is 24.2. The Labute approximate surface area is 245 Å². The minimum atomic E-state index is -3.27. The highest BCUT2D eigenvalue weighted by molar-refractivity contribution is 7.92. The van der Waals surface area contributed by atoms with E-state index in [1.165, 1.54) is 22.9 Å². The van der Waals surface area contributed by atoms with Crippen molar-refractivity contribution in [3.63, 3.8) is 0 Å². The summed E-state index contributed by atoms with van der Waals surface area (Å²) in [5.41, 5.74) is 6.70. The van der Waals surface area contributed by atoms with E-state index in [9.17, 15) is 13.2 Å². The van der Waals surface area contributed by atoms with Gasteiger partial charge in [0.2, 0.25) is 10.0 Å². The van der Waals surface area contributed by atoms with Gasteiger partial charge < -0.3 is 0 Å². The average molecular weight is 574 g/mol. The van der Waals surface area contributed by atoms with Crippen LogP contribution in [0, 0.1) is 5.92 Å². The molecule has 0 atom stereocenters. The van der Waals surface area contributed by atoms with Crippen LogP contribution in [-0.2, 0) is 36.0 Å². The molecule has 3 aromatic rings. The zero-order chi connectivity index (χ0) is 28.7. The summed E-state index contributed by atoms with van der Waals surface area (Å²) >= 11 is 0. The van der Waals surface area contributed by atoms with E-state index in [2.05, 4.69) is 57.0 Å². The molecule has 7 heteroatoms. The molecule has 2 aliphatic rings. The topological polar surface area (TPSA) is 69.7 Å². The number of ketones is 1. The summed E-state index contributed by atoms with van der Waals surface area (Å²) in [7, 11) is -3.27. The molecule has 3 aromatic carbocycles. The number of Topliss-reactive ketones (excluding diaryl/α,β-unsaturated/α-hetero) is 1. The van der Waals surface area contributed by atoms with Crippen molar-refractivity contribution in [2.24, 2.45) is 5.92 Å². The number of nitrogens with zero attached hydrogens (tertiary/aromatic N) is 2. The second-order valence-electron chi connectivity index (χ2n) is 11.9. The van der Waals surface area contributed by atoms with Crippen LogP contribution in [0.2, 0.25) is 0 Å². The van der Waals surface area contributed by atoms with Crippen LogP contribution in [0.1, 0.15) is 64.7 Å². The highest BCUT2D eigenvalue weighted by Crippen LogP contribution is 2.26. The number of piperidine rings is 1. The predicted molar refractivity (Wildman–Crippen MR) is 167 cm³/mol. The van der Waals surface area contributed by atoms with Gasteiger partial charge in [-0.25, -0.2) is 8.42 Å². The van der Waals surface area contributed by atoms with E-state index >= 15 is 0 Å². The molecule has 2 heterocycles. The third-order valence-electron chi connectivity index (χ3n) is 8.53. The molecule has 41 heavy (non-hydrogen) atoms. The quantitative estimate of drug-likeness (QED) is 0.288. The summed E-state index contributed by atoms with van der Waals surface area (Å²) in [6.07, 6.45) is 8.18. The summed E-state index contributed by atoms with van der Waals surface area (Å²) in [5.74, 6) is 0.943. The van der Waals surface area contributed by atoms with Crippen molar-refractivity contribution in [1.82, 2.24) is 9.80 Å². The monoisotopic (exact) mass is 573 g/mol. The standard InChI is InChI=1S/C34H43N3O3S/c1-41(39,40)35-33-11-5-10-29(23-33)26-36-19-15-27(16-20-36)9-6-12-34(38)32-14-13-30-17-21-37(22-18-31(30)24-32)25-28-7-3-2-4-8-28/h2-5,7-8,10-11,13-14,23-24,27,35H,6,9,12,15-22,25-26H2,1H3. The van der Waals surface area contributed by atoms with Gasteiger partial charge in [-0.2, -0.15) is 0 Å². The molecular weight excluding hydrogens is 530 g/mol. The van der Waals surface area contributed by atoms with E-state index in [0.29, 0.717) is 18.0 Å². The Morgan fingerprint density at radius 1 is 0.805 bits per heavy atom. The van der Waals surface area contributed by atoms with Gasteiger partial charge in [-0.3, -0.25) is 19.3 Å². The lowest BCUT2D eigenvalue weighted by atomic mass is 9.90. The van der Waals surface area contributed by atoms with Crippen molar-refractivity contribution in [1.29, 1.82) is 0 Å². The Morgan fingerprint density at radius 2 is 1.49 bits per heavy atom. The molecule has 1 fully saturated rings. The fourth-order valence-electron chi connectivity index (χ4n) is 6.28. The largest absolute Gasteiger partial charge is 0.299 e. The van der Waals surface area contributed by atoms with Crippen molar-refractivity contribution in [3.8, 4) is 0 Å². The number of rotatable bonds is 11. The number of sulfonamides is 1. The molecule has 1 saturated heterocycles.